The highest BCUT2D eigenvalue weighted by Gasteiger charge is 2.24. The van der Waals surface area contributed by atoms with E-state index in [2.05, 4.69) is 5.92 Å². The minimum atomic E-state index is -3.66. The van der Waals surface area contributed by atoms with Gasteiger partial charge in [-0.3, -0.25) is 0 Å². The summed E-state index contributed by atoms with van der Waals surface area (Å²) in [6.45, 7) is 1.96. The van der Waals surface area contributed by atoms with Gasteiger partial charge in [-0.15, -0.1) is 6.42 Å². The zero-order chi connectivity index (χ0) is 15.2. The van der Waals surface area contributed by atoms with Crippen LogP contribution in [0.2, 0.25) is 0 Å². The van der Waals surface area contributed by atoms with Crippen molar-refractivity contribution in [3.8, 4) is 18.1 Å². The first-order valence-electron chi connectivity index (χ1n) is 6.22. The first kappa shape index (κ1) is 16.5. The summed E-state index contributed by atoms with van der Waals surface area (Å²) >= 11 is 0. The molecule has 0 aliphatic heterocycles. The Hall–Kier alpha value is -1.55. The van der Waals surface area contributed by atoms with E-state index in [-0.39, 0.29) is 18.0 Å². The van der Waals surface area contributed by atoms with E-state index in [0.717, 1.165) is 0 Å². The molecule has 0 saturated carbocycles. The lowest BCUT2D eigenvalue weighted by atomic mass is 10.2. The van der Waals surface area contributed by atoms with Crippen LogP contribution in [0.1, 0.15) is 18.9 Å². The highest BCUT2D eigenvalue weighted by Crippen LogP contribution is 2.24. The van der Waals surface area contributed by atoms with E-state index in [9.17, 15) is 13.5 Å². The molecule has 1 aromatic carbocycles. The van der Waals surface area contributed by atoms with Crippen molar-refractivity contribution in [2.75, 3.05) is 20.2 Å². The average Bonchev–Trinajstić information content (AvgIpc) is 2.46. The maximum atomic E-state index is 12.5. The van der Waals surface area contributed by atoms with E-state index in [1.807, 2.05) is 6.92 Å². The van der Waals surface area contributed by atoms with E-state index >= 15 is 0 Å². The number of benzene rings is 1. The Morgan fingerprint density at radius 2 is 2.15 bits per heavy atom. The van der Waals surface area contributed by atoms with Crippen molar-refractivity contribution in [3.63, 3.8) is 0 Å². The minimum absolute atomic E-state index is 0.0245. The van der Waals surface area contributed by atoms with Gasteiger partial charge in [0.15, 0.2) is 0 Å². The van der Waals surface area contributed by atoms with Gasteiger partial charge in [-0.1, -0.05) is 12.8 Å². The Kier molecular flexibility index (Phi) is 6.02. The number of nitrogens with zero attached hydrogens (tertiary/aromatic N) is 1. The third-order valence-electron chi connectivity index (χ3n) is 2.80. The molecule has 0 bridgehead atoms. The summed E-state index contributed by atoms with van der Waals surface area (Å²) in [6, 6.07) is 4.39. The van der Waals surface area contributed by atoms with Crippen molar-refractivity contribution in [1.29, 1.82) is 0 Å². The summed E-state index contributed by atoms with van der Waals surface area (Å²) in [6.07, 6.45) is 5.89. The van der Waals surface area contributed by atoms with Crippen LogP contribution in [-0.2, 0) is 16.6 Å². The standard InChI is InChI=1S/C14H19NO4S/c1-4-8-15(9-5-2)20(17,18)13-6-7-14(19-3)12(10-13)11-16/h1,6-7,10,16H,5,8-9,11H2,2-3H3. The second-order valence-corrected chi connectivity index (χ2v) is 6.11. The zero-order valence-electron chi connectivity index (χ0n) is 11.7. The predicted octanol–water partition coefficient (Wildman–Crippen LogP) is 1.22. The van der Waals surface area contributed by atoms with Crippen molar-refractivity contribution in [1.82, 2.24) is 4.31 Å². The van der Waals surface area contributed by atoms with Crippen molar-refractivity contribution in [3.05, 3.63) is 23.8 Å². The van der Waals surface area contributed by atoms with Crippen LogP contribution < -0.4 is 4.74 Å². The number of hydrogen-bond donors (Lipinski definition) is 1. The van der Waals surface area contributed by atoms with E-state index in [1.54, 1.807) is 0 Å². The zero-order valence-corrected chi connectivity index (χ0v) is 12.5. The third-order valence-corrected chi connectivity index (χ3v) is 4.64. The van der Waals surface area contributed by atoms with Gasteiger partial charge in [0.2, 0.25) is 10.0 Å². The first-order valence-corrected chi connectivity index (χ1v) is 7.66. The lowest BCUT2D eigenvalue weighted by Gasteiger charge is -2.20. The summed E-state index contributed by atoms with van der Waals surface area (Å²) in [5, 5.41) is 9.26. The molecule has 110 valence electrons. The van der Waals surface area contributed by atoms with Crippen LogP contribution in [0.5, 0.6) is 5.75 Å². The van der Waals surface area contributed by atoms with Crippen LogP contribution in [-0.4, -0.2) is 38.0 Å². The fraction of sp³-hybridized carbons (Fsp3) is 0.429. The van der Waals surface area contributed by atoms with Crippen molar-refractivity contribution >= 4 is 10.0 Å². The Bertz CT molecular complexity index is 590. The lowest BCUT2D eigenvalue weighted by Crippen LogP contribution is -2.32. The van der Waals surface area contributed by atoms with Crippen LogP contribution in [0.25, 0.3) is 0 Å². The highest BCUT2D eigenvalue weighted by molar-refractivity contribution is 7.89. The summed E-state index contributed by atoms with van der Waals surface area (Å²) in [5.74, 6) is 2.80. The molecule has 6 heteroatoms. The van der Waals surface area contributed by atoms with Crippen LogP contribution >= 0.6 is 0 Å². The Labute approximate surface area is 120 Å². The SMILES string of the molecule is C#CCN(CCC)S(=O)(=O)c1ccc(OC)c(CO)c1. The van der Waals surface area contributed by atoms with Gasteiger partial charge < -0.3 is 9.84 Å². The molecule has 0 unspecified atom stereocenters. The lowest BCUT2D eigenvalue weighted by molar-refractivity contribution is 0.273. The Balaban J connectivity index is 3.23. The molecular weight excluding hydrogens is 278 g/mol. The monoisotopic (exact) mass is 297 g/mol. The van der Waals surface area contributed by atoms with E-state index in [4.69, 9.17) is 11.2 Å². The maximum absolute atomic E-state index is 12.5. The second-order valence-electron chi connectivity index (χ2n) is 4.17. The van der Waals surface area contributed by atoms with Gasteiger partial charge in [-0.2, -0.15) is 4.31 Å². The number of ether oxygens (including phenoxy) is 1. The number of sulfonamides is 1. The topological polar surface area (TPSA) is 66.8 Å². The van der Waals surface area contributed by atoms with Gasteiger partial charge >= 0.3 is 0 Å². The molecular formula is C14H19NO4S. The largest absolute Gasteiger partial charge is 0.496 e. The first-order chi connectivity index (χ1) is 9.51. The maximum Gasteiger partial charge on any atom is 0.243 e. The van der Waals surface area contributed by atoms with Crippen LogP contribution in [0.4, 0.5) is 0 Å². The van der Waals surface area contributed by atoms with Gasteiger partial charge in [-0.25, -0.2) is 8.42 Å². The molecule has 1 aromatic rings. The molecule has 1 N–H and O–H groups in total. The van der Waals surface area contributed by atoms with Gasteiger partial charge in [0.25, 0.3) is 0 Å². The summed E-state index contributed by atoms with van der Waals surface area (Å²) in [7, 11) is -2.20. The molecule has 0 aromatic heterocycles. The van der Waals surface area contributed by atoms with Crippen molar-refractivity contribution in [2.24, 2.45) is 0 Å². The molecule has 0 aliphatic carbocycles. The van der Waals surface area contributed by atoms with Crippen molar-refractivity contribution in [2.45, 2.75) is 24.8 Å². The summed E-state index contributed by atoms with van der Waals surface area (Å²) in [4.78, 5) is 0.103. The summed E-state index contributed by atoms with van der Waals surface area (Å²) < 4.78 is 31.3. The highest BCUT2D eigenvalue weighted by atomic mass is 32.2. The number of hydrogen-bond acceptors (Lipinski definition) is 4. The van der Waals surface area contributed by atoms with Gasteiger partial charge in [0.05, 0.1) is 25.2 Å². The quantitative estimate of drug-likeness (QED) is 0.769. The normalized spacial score (nSPS) is 11.3. The molecule has 0 fully saturated rings. The molecule has 0 saturated heterocycles. The fourth-order valence-electron chi connectivity index (χ4n) is 1.82. The second kappa shape index (κ2) is 7.29. The summed E-state index contributed by atoms with van der Waals surface area (Å²) in [5.41, 5.74) is 0.422. The Morgan fingerprint density at radius 3 is 2.65 bits per heavy atom. The molecule has 0 spiro atoms. The number of aliphatic hydroxyl groups is 1. The molecule has 1 rings (SSSR count). The number of methoxy groups -OCH3 is 1. The van der Waals surface area contributed by atoms with Crippen LogP contribution in [0, 0.1) is 12.3 Å². The van der Waals surface area contributed by atoms with Gasteiger partial charge in [-0.05, 0) is 24.6 Å². The smallest absolute Gasteiger partial charge is 0.243 e. The number of rotatable bonds is 7. The number of terminal acetylenes is 1. The molecule has 0 amide bonds. The molecule has 20 heavy (non-hydrogen) atoms. The predicted molar refractivity (Wildman–Crippen MR) is 76.8 cm³/mol. The Morgan fingerprint density at radius 1 is 1.45 bits per heavy atom. The molecule has 0 atom stereocenters. The average molecular weight is 297 g/mol. The molecule has 0 heterocycles. The molecule has 0 aliphatic rings. The number of aliphatic hydroxyl groups excluding tert-OH is 1. The van der Waals surface area contributed by atoms with Gasteiger partial charge in [0, 0.05) is 12.1 Å². The van der Waals surface area contributed by atoms with Crippen molar-refractivity contribution < 1.29 is 18.3 Å². The fourth-order valence-corrected chi connectivity index (χ4v) is 3.32. The third kappa shape index (κ3) is 3.51. The van der Waals surface area contributed by atoms with E-state index in [1.165, 1.54) is 29.6 Å². The molecule has 0 radical (unpaired) electrons. The van der Waals surface area contributed by atoms with Crippen LogP contribution in [0.15, 0.2) is 23.1 Å². The van der Waals surface area contributed by atoms with Crippen LogP contribution in [0.3, 0.4) is 0 Å². The van der Waals surface area contributed by atoms with E-state index < -0.39 is 10.0 Å². The minimum Gasteiger partial charge on any atom is -0.496 e. The van der Waals surface area contributed by atoms with E-state index in [0.29, 0.717) is 24.3 Å². The molecule has 5 nitrogen and oxygen atoms in total. The van der Waals surface area contributed by atoms with Gasteiger partial charge in [0.1, 0.15) is 5.75 Å².